The lowest BCUT2D eigenvalue weighted by atomic mass is 10.1. The summed E-state index contributed by atoms with van der Waals surface area (Å²) in [6.07, 6.45) is 4.95. The number of aliphatic hydroxyl groups excluding tert-OH is 1. The van der Waals surface area contributed by atoms with Crippen LogP contribution in [0.3, 0.4) is 0 Å². The molecular weight excluding hydrogens is 474 g/mol. The third-order valence-electron chi connectivity index (χ3n) is 4.97. The molecule has 4 rings (SSSR count). The van der Waals surface area contributed by atoms with E-state index in [2.05, 4.69) is 37.5 Å². The molecule has 2 aromatic heterocycles. The summed E-state index contributed by atoms with van der Waals surface area (Å²) >= 11 is 0. The van der Waals surface area contributed by atoms with Crippen LogP contribution in [0, 0.1) is 16.6 Å². The van der Waals surface area contributed by atoms with Gasteiger partial charge in [-0.3, -0.25) is 4.68 Å². The number of aryl methyl sites for hydroxylation is 1. The van der Waals surface area contributed by atoms with E-state index in [4.69, 9.17) is 4.78 Å². The highest BCUT2D eigenvalue weighted by Crippen LogP contribution is 2.20. The number of hydrogen-bond acceptors (Lipinski definition) is 8. The first kappa shape index (κ1) is 26.7. The minimum absolute atomic E-state index is 0.0686. The largest absolute Gasteiger partial charge is 0.394 e. The maximum absolute atomic E-state index is 11.9. The molecule has 2 aromatic carbocycles. The molecule has 0 amide bonds. The second-order valence-corrected chi connectivity index (χ2v) is 10.2. The fourth-order valence-corrected chi connectivity index (χ4v) is 3.86. The molecule has 2 atom stereocenters. The summed E-state index contributed by atoms with van der Waals surface area (Å²) in [6, 6.07) is 12.3. The molecule has 9 nitrogen and oxygen atoms in total. The molecule has 10 heteroatoms. The Balaban J connectivity index is 0.00000176. The van der Waals surface area contributed by atoms with Gasteiger partial charge >= 0.3 is 0 Å². The molecule has 188 valence electrons. The molecule has 36 heavy (non-hydrogen) atoms. The number of rotatable bonds is 6. The van der Waals surface area contributed by atoms with Gasteiger partial charge in [-0.1, -0.05) is 25.7 Å². The van der Waals surface area contributed by atoms with Crippen molar-refractivity contribution in [2.24, 2.45) is 7.05 Å². The normalized spacial score (nSPS) is 12.9. The summed E-state index contributed by atoms with van der Waals surface area (Å²) in [5, 5.41) is 21.2. The van der Waals surface area contributed by atoms with Crippen LogP contribution in [0.15, 0.2) is 59.8 Å². The highest BCUT2D eigenvalue weighted by molar-refractivity contribution is 7.91. The van der Waals surface area contributed by atoms with E-state index in [9.17, 15) is 9.32 Å². The molecule has 0 saturated heterocycles. The van der Waals surface area contributed by atoms with Crippen molar-refractivity contribution < 1.29 is 9.32 Å². The number of nitrogens with zero attached hydrogens (tertiary/aromatic N) is 4. The number of aromatic nitrogens is 4. The van der Waals surface area contributed by atoms with Crippen molar-refractivity contribution in [2.45, 2.75) is 31.7 Å². The van der Waals surface area contributed by atoms with Crippen molar-refractivity contribution >= 4 is 38.1 Å². The minimum atomic E-state index is -2.77. The summed E-state index contributed by atoms with van der Waals surface area (Å²) in [4.78, 5) is 9.36. The van der Waals surface area contributed by atoms with E-state index in [1.54, 1.807) is 35.1 Å². The Hall–Kier alpha value is -3.94. The maximum atomic E-state index is 11.9. The fourth-order valence-electron chi connectivity index (χ4n) is 3.21. The van der Waals surface area contributed by atoms with Crippen molar-refractivity contribution in [3.8, 4) is 11.8 Å². The van der Waals surface area contributed by atoms with E-state index >= 15 is 0 Å². The van der Waals surface area contributed by atoms with Gasteiger partial charge in [-0.05, 0) is 49.4 Å². The number of anilines is 3. The van der Waals surface area contributed by atoms with E-state index in [0.717, 1.165) is 16.5 Å². The van der Waals surface area contributed by atoms with Crippen LogP contribution in [0.2, 0.25) is 0 Å². The monoisotopic (exact) mass is 505 g/mol. The Morgan fingerprint density at radius 3 is 2.56 bits per heavy atom. The SMILES string of the molecule is CC.C[C@H](CO)Nc1nc(Nc2ccc(S(C)(=N)=O)cc2)ncc1C#Cc1ccc2cn(C)nc2c1. The smallest absolute Gasteiger partial charge is 0.229 e. The predicted octanol–water partition coefficient (Wildman–Crippen LogP) is 4.36. The molecule has 4 aromatic rings. The molecule has 4 N–H and O–H groups in total. The molecule has 0 aliphatic rings. The van der Waals surface area contributed by atoms with Crippen molar-refractivity contribution in [3.63, 3.8) is 0 Å². The van der Waals surface area contributed by atoms with E-state index in [1.807, 2.05) is 52.2 Å². The van der Waals surface area contributed by atoms with Crippen molar-refractivity contribution in [2.75, 3.05) is 23.5 Å². The quantitative estimate of drug-likeness (QED) is 0.287. The first-order valence-electron chi connectivity index (χ1n) is 11.5. The third-order valence-corrected chi connectivity index (χ3v) is 6.14. The van der Waals surface area contributed by atoms with Gasteiger partial charge in [0.1, 0.15) is 5.82 Å². The average Bonchev–Trinajstić information content (AvgIpc) is 3.23. The molecule has 2 heterocycles. The minimum Gasteiger partial charge on any atom is -0.394 e. The van der Waals surface area contributed by atoms with E-state index in [0.29, 0.717) is 27.9 Å². The molecule has 0 aliphatic carbocycles. The van der Waals surface area contributed by atoms with Gasteiger partial charge in [-0.25, -0.2) is 14.0 Å². The van der Waals surface area contributed by atoms with Gasteiger partial charge in [0, 0.05) is 47.1 Å². The van der Waals surface area contributed by atoms with Crippen LogP contribution >= 0.6 is 0 Å². The van der Waals surface area contributed by atoms with Crippen LogP contribution < -0.4 is 10.6 Å². The maximum Gasteiger partial charge on any atom is 0.229 e. The zero-order valence-electron chi connectivity index (χ0n) is 21.0. The number of aliphatic hydroxyl groups is 1. The average molecular weight is 506 g/mol. The highest BCUT2D eigenvalue weighted by atomic mass is 32.2. The standard InChI is InChI=1S/C24H25N7O2S.C2H6/c1-16(15-32)27-23-18(6-4-17-5-7-19-14-31(2)30-22(19)12-17)13-26-24(29-23)28-20-8-10-21(11-9-20)34(3,25)33;1-2/h5,7-14,16,25,32H,15H2,1-3H3,(H2,26,27,28,29);1-2H3/t16-,34?;/m1./s1. The van der Waals surface area contributed by atoms with Gasteiger partial charge in [0.25, 0.3) is 0 Å². The molecule has 0 saturated carbocycles. The zero-order valence-corrected chi connectivity index (χ0v) is 21.8. The van der Waals surface area contributed by atoms with E-state index < -0.39 is 9.73 Å². The van der Waals surface area contributed by atoms with Crippen LogP contribution in [0.25, 0.3) is 10.9 Å². The first-order chi connectivity index (χ1) is 17.2. The Bertz CT molecular complexity index is 1500. The lowest BCUT2D eigenvalue weighted by Crippen LogP contribution is -2.21. The predicted molar refractivity (Wildman–Crippen MR) is 145 cm³/mol. The second-order valence-electron chi connectivity index (χ2n) is 8.00. The summed E-state index contributed by atoms with van der Waals surface area (Å²) in [6.45, 7) is 5.77. The molecule has 0 fully saturated rings. The molecular formula is C26H31N7O2S. The highest BCUT2D eigenvalue weighted by Gasteiger charge is 2.10. The van der Waals surface area contributed by atoms with E-state index in [-0.39, 0.29) is 12.6 Å². The molecule has 1 unspecified atom stereocenters. The van der Waals surface area contributed by atoms with Crippen LogP contribution in [0.5, 0.6) is 0 Å². The number of hydrogen-bond donors (Lipinski definition) is 4. The van der Waals surface area contributed by atoms with Gasteiger partial charge in [-0.15, -0.1) is 0 Å². The fraction of sp³-hybridized carbons (Fsp3) is 0.269. The summed E-state index contributed by atoms with van der Waals surface area (Å²) in [5.74, 6) is 7.08. The summed E-state index contributed by atoms with van der Waals surface area (Å²) in [7, 11) is -0.895. The van der Waals surface area contributed by atoms with Crippen LogP contribution in [-0.4, -0.2) is 48.0 Å². The Labute approximate surface area is 212 Å². The molecule has 0 aliphatic heterocycles. The lowest BCUT2D eigenvalue weighted by molar-refractivity contribution is 0.281. The van der Waals surface area contributed by atoms with Crippen molar-refractivity contribution in [1.82, 2.24) is 19.7 Å². The number of fused-ring (bicyclic) bond motifs is 1. The van der Waals surface area contributed by atoms with Crippen molar-refractivity contribution in [3.05, 3.63) is 66.0 Å². The summed E-state index contributed by atoms with van der Waals surface area (Å²) in [5.41, 5.74) is 2.96. The van der Waals surface area contributed by atoms with Crippen LogP contribution in [0.4, 0.5) is 17.5 Å². The van der Waals surface area contributed by atoms with Crippen LogP contribution in [-0.2, 0) is 16.8 Å². The molecule has 0 bridgehead atoms. The second kappa shape index (κ2) is 11.7. The van der Waals surface area contributed by atoms with Gasteiger partial charge < -0.3 is 15.7 Å². The van der Waals surface area contributed by atoms with Gasteiger partial charge in [0.15, 0.2) is 0 Å². The number of nitrogens with one attached hydrogen (secondary N) is 3. The van der Waals surface area contributed by atoms with Gasteiger partial charge in [-0.2, -0.15) is 10.1 Å². The first-order valence-corrected chi connectivity index (χ1v) is 13.5. The van der Waals surface area contributed by atoms with Crippen LogP contribution in [0.1, 0.15) is 31.9 Å². The Kier molecular flexibility index (Phi) is 8.64. The number of benzene rings is 2. The van der Waals surface area contributed by atoms with Crippen molar-refractivity contribution in [1.29, 1.82) is 4.78 Å². The Morgan fingerprint density at radius 2 is 1.89 bits per heavy atom. The van der Waals surface area contributed by atoms with Gasteiger partial charge in [0.05, 0.1) is 33.6 Å². The lowest BCUT2D eigenvalue weighted by Gasteiger charge is -2.14. The molecule has 0 radical (unpaired) electrons. The van der Waals surface area contributed by atoms with Gasteiger partial charge in [0.2, 0.25) is 5.95 Å². The van der Waals surface area contributed by atoms with E-state index in [1.165, 1.54) is 6.26 Å². The Morgan fingerprint density at radius 1 is 1.17 bits per heavy atom. The zero-order chi connectivity index (χ0) is 26.3. The molecule has 0 spiro atoms. The third kappa shape index (κ3) is 6.81. The topological polar surface area (TPSA) is 129 Å². The summed E-state index contributed by atoms with van der Waals surface area (Å²) < 4.78 is 21.3.